The van der Waals surface area contributed by atoms with Gasteiger partial charge in [0.2, 0.25) is 0 Å². The Balaban J connectivity index is 2.61. The van der Waals surface area contributed by atoms with Gasteiger partial charge < -0.3 is 15.2 Å². The minimum absolute atomic E-state index is 0.0103. The van der Waals surface area contributed by atoms with E-state index < -0.39 is 0 Å². The Bertz CT molecular complexity index is 1150. The number of phenols is 1. The molecule has 2 rings (SSSR count). The summed E-state index contributed by atoms with van der Waals surface area (Å²) >= 11 is 3.66. The van der Waals surface area contributed by atoms with Gasteiger partial charge in [-0.15, -0.1) is 23.5 Å². The number of benzene rings is 2. The van der Waals surface area contributed by atoms with Crippen LogP contribution in [0.15, 0.2) is 34.1 Å². The third-order valence-corrected chi connectivity index (χ3v) is 9.16. The zero-order valence-electron chi connectivity index (χ0n) is 27.6. The summed E-state index contributed by atoms with van der Waals surface area (Å²) < 4.78 is 6.01. The molecule has 40 heavy (non-hydrogen) atoms. The second-order valence-electron chi connectivity index (χ2n) is 15.3. The van der Waals surface area contributed by atoms with Crippen molar-refractivity contribution < 1.29 is 14.6 Å². The number of amides is 1. The summed E-state index contributed by atoms with van der Waals surface area (Å²) in [4.78, 5) is 14.4. The first-order valence-electron chi connectivity index (χ1n) is 14.1. The molecule has 2 aromatic rings. The first-order valence-corrected chi connectivity index (χ1v) is 15.8. The lowest BCUT2D eigenvalue weighted by Gasteiger charge is -2.32. The third kappa shape index (κ3) is 8.85. The van der Waals surface area contributed by atoms with Gasteiger partial charge in [0.05, 0.1) is 4.08 Å². The average molecular weight is 588 g/mol. The average Bonchev–Trinajstić information content (AvgIpc) is 2.75. The smallest absolute Gasteiger partial charge is 0.257 e. The van der Waals surface area contributed by atoms with Crippen LogP contribution in [0, 0.1) is 0 Å². The second-order valence-corrected chi connectivity index (χ2v) is 18.9. The van der Waals surface area contributed by atoms with E-state index in [1.54, 1.807) is 7.05 Å². The SMILES string of the molecule is CNC(=O)COc1c(C(C)(C)C)cc(SC(C)(C)Sc2cc(C(C)(C)C)c(O)c(C(C)(C)C)c2)cc1C(C)(C)C. The van der Waals surface area contributed by atoms with Crippen molar-refractivity contribution >= 4 is 29.4 Å². The van der Waals surface area contributed by atoms with E-state index in [1.807, 2.05) is 23.5 Å². The van der Waals surface area contributed by atoms with Gasteiger partial charge in [-0.3, -0.25) is 4.79 Å². The summed E-state index contributed by atoms with van der Waals surface area (Å²) in [5.41, 5.74) is 3.45. The quantitative estimate of drug-likeness (QED) is 0.250. The largest absolute Gasteiger partial charge is 0.507 e. The van der Waals surface area contributed by atoms with Crippen LogP contribution in [0.1, 0.15) is 119 Å². The standard InChI is InChI=1S/C34H53NO3S2/c1-30(2,3)23-16-21(17-24(28(23)37)31(4,5)6)39-34(13,14)40-22-18-25(32(7,8)9)29(38-20-27(36)35-15)26(19-22)33(10,11)12/h16-19,37H,20H2,1-15H3,(H,35,36). The van der Waals surface area contributed by atoms with Crippen molar-refractivity contribution in [2.75, 3.05) is 13.7 Å². The predicted molar refractivity (Wildman–Crippen MR) is 175 cm³/mol. The molecular weight excluding hydrogens is 535 g/mol. The van der Waals surface area contributed by atoms with Crippen LogP contribution in [0.5, 0.6) is 11.5 Å². The van der Waals surface area contributed by atoms with Crippen LogP contribution in [0.3, 0.4) is 0 Å². The maximum Gasteiger partial charge on any atom is 0.257 e. The van der Waals surface area contributed by atoms with Crippen molar-refractivity contribution in [1.82, 2.24) is 5.32 Å². The summed E-state index contributed by atoms with van der Waals surface area (Å²) in [6, 6.07) is 8.79. The van der Waals surface area contributed by atoms with E-state index in [9.17, 15) is 9.90 Å². The molecule has 2 N–H and O–H groups in total. The number of rotatable bonds is 7. The Labute approximate surface area is 252 Å². The van der Waals surface area contributed by atoms with Gasteiger partial charge in [-0.2, -0.15) is 0 Å². The lowest BCUT2D eigenvalue weighted by atomic mass is 9.79. The molecular formula is C34H53NO3S2. The molecule has 0 aliphatic carbocycles. The lowest BCUT2D eigenvalue weighted by Crippen LogP contribution is -2.27. The highest BCUT2D eigenvalue weighted by atomic mass is 32.2. The molecule has 0 aliphatic heterocycles. The molecule has 0 spiro atoms. The van der Waals surface area contributed by atoms with Crippen LogP contribution in [0.25, 0.3) is 0 Å². The number of ether oxygens (including phenoxy) is 1. The highest BCUT2D eigenvalue weighted by Gasteiger charge is 2.32. The zero-order chi connectivity index (χ0) is 31.1. The molecule has 0 radical (unpaired) electrons. The number of carbonyl (C=O) groups excluding carboxylic acids is 1. The fourth-order valence-electron chi connectivity index (χ4n) is 4.54. The maximum absolute atomic E-state index is 12.1. The molecule has 0 bridgehead atoms. The van der Waals surface area contributed by atoms with Crippen LogP contribution in [0.2, 0.25) is 0 Å². The number of phenolic OH excluding ortho intramolecular Hbond substituents is 1. The Morgan fingerprint density at radius 3 is 1.30 bits per heavy atom. The van der Waals surface area contributed by atoms with E-state index in [0.29, 0.717) is 5.75 Å². The normalized spacial score (nSPS) is 13.4. The zero-order valence-corrected chi connectivity index (χ0v) is 29.2. The number of nitrogens with one attached hydrogen (secondary N) is 1. The van der Waals surface area contributed by atoms with Crippen LogP contribution in [0.4, 0.5) is 0 Å². The highest BCUT2D eigenvalue weighted by Crippen LogP contribution is 2.51. The number of thioether (sulfide) groups is 2. The first kappa shape index (κ1) is 34.4. The van der Waals surface area contributed by atoms with Crippen molar-refractivity contribution in [1.29, 1.82) is 0 Å². The molecule has 4 nitrogen and oxygen atoms in total. The Kier molecular flexibility index (Phi) is 10.2. The minimum Gasteiger partial charge on any atom is -0.507 e. The molecule has 1 amide bonds. The van der Waals surface area contributed by atoms with E-state index >= 15 is 0 Å². The van der Waals surface area contributed by atoms with E-state index in [0.717, 1.165) is 32.9 Å². The molecule has 224 valence electrons. The molecule has 0 saturated carbocycles. The van der Waals surface area contributed by atoms with Gasteiger partial charge in [0.15, 0.2) is 6.61 Å². The van der Waals surface area contributed by atoms with Crippen LogP contribution in [-0.2, 0) is 26.5 Å². The van der Waals surface area contributed by atoms with E-state index in [1.165, 1.54) is 4.90 Å². The highest BCUT2D eigenvalue weighted by molar-refractivity contribution is 8.18. The number of hydrogen-bond acceptors (Lipinski definition) is 5. The van der Waals surface area contributed by atoms with Gasteiger partial charge in [-0.25, -0.2) is 0 Å². The summed E-state index contributed by atoms with van der Waals surface area (Å²) in [6.07, 6.45) is 0. The van der Waals surface area contributed by atoms with Crippen LogP contribution >= 0.6 is 23.5 Å². The number of likely N-dealkylation sites (N-methyl/N-ethyl adjacent to an activating group) is 1. The summed E-state index contributed by atoms with van der Waals surface area (Å²) in [5, 5.41) is 13.9. The first-order chi connectivity index (χ1) is 17.9. The molecule has 0 atom stereocenters. The van der Waals surface area contributed by atoms with Gasteiger partial charge in [0.1, 0.15) is 11.5 Å². The van der Waals surface area contributed by atoms with Crippen LogP contribution < -0.4 is 10.1 Å². The Morgan fingerprint density at radius 1 is 0.675 bits per heavy atom. The molecule has 0 unspecified atom stereocenters. The fraction of sp³-hybridized carbons (Fsp3) is 0.618. The molecule has 0 saturated heterocycles. The Morgan fingerprint density at radius 2 is 1.00 bits per heavy atom. The van der Waals surface area contributed by atoms with Crippen LogP contribution in [-0.4, -0.2) is 28.7 Å². The lowest BCUT2D eigenvalue weighted by molar-refractivity contribution is -0.122. The predicted octanol–water partition coefficient (Wildman–Crippen LogP) is 9.33. The molecule has 2 aromatic carbocycles. The van der Waals surface area contributed by atoms with Crippen molar-refractivity contribution in [3.05, 3.63) is 46.5 Å². The summed E-state index contributed by atoms with van der Waals surface area (Å²) in [6.45, 7) is 30.5. The number of aromatic hydroxyl groups is 1. The van der Waals surface area contributed by atoms with E-state index in [4.69, 9.17) is 4.74 Å². The minimum atomic E-state index is -0.198. The van der Waals surface area contributed by atoms with Gasteiger partial charge in [-0.05, 0) is 59.8 Å². The van der Waals surface area contributed by atoms with Gasteiger partial charge in [0, 0.05) is 39.1 Å². The molecule has 6 heteroatoms. The number of hydrogen-bond donors (Lipinski definition) is 2. The molecule has 0 fully saturated rings. The van der Waals surface area contributed by atoms with E-state index in [2.05, 4.69) is 127 Å². The fourth-order valence-corrected chi connectivity index (χ4v) is 7.13. The van der Waals surface area contributed by atoms with Gasteiger partial charge in [-0.1, -0.05) is 83.1 Å². The Hall–Kier alpha value is -1.79. The monoisotopic (exact) mass is 587 g/mol. The third-order valence-electron chi connectivity index (χ3n) is 6.73. The molecule has 0 aromatic heterocycles. The van der Waals surface area contributed by atoms with Crippen molar-refractivity contribution in [2.45, 2.75) is 132 Å². The second kappa shape index (κ2) is 11.8. The topological polar surface area (TPSA) is 58.6 Å². The summed E-state index contributed by atoms with van der Waals surface area (Å²) in [7, 11) is 1.63. The van der Waals surface area contributed by atoms with Crippen molar-refractivity contribution in [2.24, 2.45) is 0 Å². The van der Waals surface area contributed by atoms with Crippen molar-refractivity contribution in [3.63, 3.8) is 0 Å². The summed E-state index contributed by atoms with van der Waals surface area (Å²) in [5.74, 6) is 1.07. The number of carbonyl (C=O) groups is 1. The van der Waals surface area contributed by atoms with Gasteiger partial charge in [0.25, 0.3) is 5.91 Å². The maximum atomic E-state index is 12.1. The molecule has 0 heterocycles. The molecule has 0 aliphatic rings. The van der Waals surface area contributed by atoms with E-state index in [-0.39, 0.29) is 38.3 Å². The van der Waals surface area contributed by atoms with Gasteiger partial charge >= 0.3 is 0 Å². The van der Waals surface area contributed by atoms with Crippen molar-refractivity contribution in [3.8, 4) is 11.5 Å².